The van der Waals surface area contributed by atoms with Gasteiger partial charge in [0, 0.05) is 11.9 Å². The molecule has 114 valence electrons. The highest BCUT2D eigenvalue weighted by Gasteiger charge is 2.18. The first-order valence-electron chi connectivity index (χ1n) is 6.66. The molecule has 0 aliphatic heterocycles. The van der Waals surface area contributed by atoms with Crippen LogP contribution in [0.3, 0.4) is 0 Å². The normalized spacial score (nSPS) is 12.0. The number of para-hydroxylation sites is 1. The van der Waals surface area contributed by atoms with Crippen molar-refractivity contribution in [1.82, 2.24) is 15.0 Å². The molecule has 1 aromatic heterocycles. The van der Waals surface area contributed by atoms with Crippen LogP contribution in [0.5, 0.6) is 0 Å². The third-order valence-electron chi connectivity index (χ3n) is 3.12. The van der Waals surface area contributed by atoms with Crippen molar-refractivity contribution < 1.29 is 8.42 Å². The number of aryl methyl sites for hydroxylation is 1. The molecule has 0 saturated heterocycles. The third kappa shape index (κ3) is 3.71. The molecule has 0 saturated carbocycles. The molecule has 2 aromatic rings. The molecule has 0 unspecified atom stereocenters. The molecule has 7 heteroatoms. The predicted molar refractivity (Wildman–Crippen MR) is 85.2 cm³/mol. The summed E-state index contributed by atoms with van der Waals surface area (Å²) in [5.41, 5.74) is 1.22. The Balaban J connectivity index is 2.39. The van der Waals surface area contributed by atoms with E-state index >= 15 is 0 Å². The van der Waals surface area contributed by atoms with E-state index in [1.807, 2.05) is 26.1 Å². The largest absolute Gasteiger partial charge is 0.320 e. The predicted octanol–water partition coefficient (Wildman–Crippen LogP) is 2.08. The topological polar surface area (TPSA) is 71.1 Å². The number of pyridine rings is 1. The summed E-state index contributed by atoms with van der Waals surface area (Å²) in [7, 11) is -1.77. The molecule has 1 aromatic carbocycles. The van der Waals surface area contributed by atoms with Gasteiger partial charge >= 0.3 is 0 Å². The van der Waals surface area contributed by atoms with E-state index in [4.69, 9.17) is 11.6 Å². The summed E-state index contributed by atoms with van der Waals surface area (Å²) in [6.45, 7) is 2.96. The second-order valence-electron chi connectivity index (χ2n) is 4.78. The molecular weight excluding hydrogens is 310 g/mol. The van der Waals surface area contributed by atoms with Crippen LogP contribution in [0.2, 0.25) is 5.15 Å². The average molecular weight is 328 g/mol. The first-order chi connectivity index (χ1) is 9.95. The Morgan fingerprint density at radius 3 is 2.76 bits per heavy atom. The molecule has 5 nitrogen and oxygen atoms in total. The average Bonchev–Trinajstić information content (AvgIpc) is 2.44. The lowest BCUT2D eigenvalue weighted by Gasteiger charge is -2.10. The zero-order valence-electron chi connectivity index (χ0n) is 12.0. The zero-order chi connectivity index (χ0) is 15.5. The molecule has 0 amide bonds. The Kier molecular flexibility index (Phi) is 5.16. The van der Waals surface area contributed by atoms with Crippen molar-refractivity contribution in [3.8, 4) is 0 Å². The van der Waals surface area contributed by atoms with Gasteiger partial charge in [0.15, 0.2) is 0 Å². The van der Waals surface area contributed by atoms with Crippen LogP contribution >= 0.6 is 11.6 Å². The number of hydrogen-bond donors (Lipinski definition) is 2. The molecule has 0 bridgehead atoms. The van der Waals surface area contributed by atoms with Gasteiger partial charge in [0.2, 0.25) is 10.0 Å². The Morgan fingerprint density at radius 2 is 2.05 bits per heavy atom. The molecule has 0 radical (unpaired) electrons. The van der Waals surface area contributed by atoms with Crippen molar-refractivity contribution in [2.24, 2.45) is 0 Å². The number of sulfonamides is 1. The molecule has 0 fully saturated rings. The minimum absolute atomic E-state index is 0.159. The molecule has 0 spiro atoms. The van der Waals surface area contributed by atoms with E-state index < -0.39 is 10.0 Å². The van der Waals surface area contributed by atoms with Crippen molar-refractivity contribution in [2.45, 2.75) is 18.2 Å². The summed E-state index contributed by atoms with van der Waals surface area (Å²) >= 11 is 6.02. The highest BCUT2D eigenvalue weighted by Crippen LogP contribution is 2.25. The quantitative estimate of drug-likeness (QED) is 0.629. The number of fused-ring (bicyclic) bond motifs is 1. The van der Waals surface area contributed by atoms with Crippen molar-refractivity contribution in [3.05, 3.63) is 35.0 Å². The van der Waals surface area contributed by atoms with E-state index in [1.54, 1.807) is 12.1 Å². The van der Waals surface area contributed by atoms with Crippen LogP contribution in [-0.2, 0) is 10.0 Å². The van der Waals surface area contributed by atoms with Gasteiger partial charge in [-0.1, -0.05) is 23.7 Å². The molecule has 2 N–H and O–H groups in total. The SMILES string of the molecule is CNCCCNS(=O)(=O)c1cccc2cc(C)c(Cl)nc12. The number of aromatic nitrogens is 1. The van der Waals surface area contributed by atoms with Gasteiger partial charge in [-0.05, 0) is 44.6 Å². The van der Waals surface area contributed by atoms with Crippen molar-refractivity contribution in [3.63, 3.8) is 0 Å². The number of hydrogen-bond acceptors (Lipinski definition) is 4. The maximum Gasteiger partial charge on any atom is 0.242 e. The van der Waals surface area contributed by atoms with Crippen LogP contribution < -0.4 is 10.0 Å². The van der Waals surface area contributed by atoms with Crippen molar-refractivity contribution in [1.29, 1.82) is 0 Å². The number of nitrogens with one attached hydrogen (secondary N) is 2. The number of nitrogens with zero attached hydrogens (tertiary/aromatic N) is 1. The molecule has 0 atom stereocenters. The summed E-state index contributed by atoms with van der Waals surface area (Å²) in [5, 5.41) is 4.05. The van der Waals surface area contributed by atoms with Gasteiger partial charge in [-0.15, -0.1) is 0 Å². The summed E-state index contributed by atoms with van der Waals surface area (Å²) in [6.07, 6.45) is 0.716. The Hall–Kier alpha value is -1.21. The fraction of sp³-hybridized carbons (Fsp3) is 0.357. The van der Waals surface area contributed by atoms with E-state index in [-0.39, 0.29) is 4.90 Å². The molecule has 21 heavy (non-hydrogen) atoms. The lowest BCUT2D eigenvalue weighted by Crippen LogP contribution is -2.27. The van der Waals surface area contributed by atoms with Crippen LogP contribution in [-0.4, -0.2) is 33.5 Å². The van der Waals surface area contributed by atoms with E-state index in [2.05, 4.69) is 15.0 Å². The fourth-order valence-electron chi connectivity index (χ4n) is 2.02. The van der Waals surface area contributed by atoms with E-state index in [0.29, 0.717) is 23.6 Å². The summed E-state index contributed by atoms with van der Waals surface area (Å²) in [4.78, 5) is 4.38. The number of rotatable bonds is 6. The van der Waals surface area contributed by atoms with Crippen LogP contribution in [0.15, 0.2) is 29.2 Å². The number of halogens is 1. The smallest absolute Gasteiger partial charge is 0.242 e. The Labute approximate surface area is 129 Å². The third-order valence-corrected chi connectivity index (χ3v) is 5.00. The fourth-order valence-corrected chi connectivity index (χ4v) is 3.40. The molecule has 0 aliphatic rings. The lowest BCUT2D eigenvalue weighted by molar-refractivity contribution is 0.578. The van der Waals surface area contributed by atoms with Gasteiger partial charge in [-0.25, -0.2) is 18.1 Å². The van der Waals surface area contributed by atoms with Gasteiger partial charge < -0.3 is 5.32 Å². The minimum Gasteiger partial charge on any atom is -0.320 e. The molecule has 0 aliphatic carbocycles. The second-order valence-corrected chi connectivity index (χ2v) is 6.87. The highest BCUT2D eigenvalue weighted by atomic mass is 35.5. The summed E-state index contributed by atoms with van der Waals surface area (Å²) < 4.78 is 27.4. The van der Waals surface area contributed by atoms with Crippen LogP contribution in [0.1, 0.15) is 12.0 Å². The molecular formula is C14H18ClN3O2S. The van der Waals surface area contributed by atoms with Gasteiger partial charge in [-0.2, -0.15) is 0 Å². The van der Waals surface area contributed by atoms with Gasteiger partial charge in [0.1, 0.15) is 10.0 Å². The Morgan fingerprint density at radius 1 is 1.29 bits per heavy atom. The van der Waals surface area contributed by atoms with Crippen LogP contribution in [0.4, 0.5) is 0 Å². The van der Waals surface area contributed by atoms with Gasteiger partial charge in [0.05, 0.1) is 5.52 Å². The van der Waals surface area contributed by atoms with E-state index in [0.717, 1.165) is 17.5 Å². The second kappa shape index (κ2) is 6.70. The standard InChI is InChI=1S/C14H18ClN3O2S/c1-10-9-11-5-3-6-12(13(11)18-14(10)15)21(19,20)17-8-4-7-16-2/h3,5-6,9,16-17H,4,7-8H2,1-2H3. The molecule has 1 heterocycles. The van der Waals surface area contributed by atoms with Gasteiger partial charge in [0.25, 0.3) is 0 Å². The monoisotopic (exact) mass is 327 g/mol. The summed E-state index contributed by atoms with van der Waals surface area (Å²) in [6, 6.07) is 6.91. The first-order valence-corrected chi connectivity index (χ1v) is 8.52. The number of benzene rings is 1. The highest BCUT2D eigenvalue weighted by molar-refractivity contribution is 7.89. The Bertz CT molecular complexity index is 747. The summed E-state index contributed by atoms with van der Waals surface area (Å²) in [5.74, 6) is 0. The molecule has 2 rings (SSSR count). The first kappa shape index (κ1) is 16.2. The lowest BCUT2D eigenvalue weighted by atomic mass is 10.2. The minimum atomic E-state index is -3.60. The van der Waals surface area contributed by atoms with Crippen molar-refractivity contribution >= 4 is 32.5 Å². The maximum atomic E-state index is 12.4. The maximum absolute atomic E-state index is 12.4. The van der Waals surface area contributed by atoms with E-state index in [1.165, 1.54) is 0 Å². The van der Waals surface area contributed by atoms with Crippen LogP contribution in [0, 0.1) is 6.92 Å². The van der Waals surface area contributed by atoms with E-state index in [9.17, 15) is 8.42 Å². The van der Waals surface area contributed by atoms with Crippen molar-refractivity contribution in [2.75, 3.05) is 20.1 Å². The zero-order valence-corrected chi connectivity index (χ0v) is 13.6. The van der Waals surface area contributed by atoms with Gasteiger partial charge in [-0.3, -0.25) is 0 Å². The van der Waals surface area contributed by atoms with Crippen LogP contribution in [0.25, 0.3) is 10.9 Å².